The predicted octanol–water partition coefficient (Wildman–Crippen LogP) is 6.71. The van der Waals surface area contributed by atoms with E-state index < -0.39 is 0 Å². The van der Waals surface area contributed by atoms with Gasteiger partial charge in [-0.3, -0.25) is 0 Å². The van der Waals surface area contributed by atoms with Crippen LogP contribution in [0.4, 0.5) is 4.39 Å². The molecule has 3 aromatic heterocycles. The molecule has 5 rings (SSSR count). The number of pyridine rings is 2. The second-order valence-electron chi connectivity index (χ2n) is 8.39. The van der Waals surface area contributed by atoms with Gasteiger partial charge >= 0.3 is 0 Å². The first-order chi connectivity index (χ1) is 14.9. The molecule has 5 aromatic rings. The van der Waals surface area contributed by atoms with E-state index in [0.29, 0.717) is 5.71 Å². The Bertz CT molecular complexity index is 1450. The molecule has 3 heterocycles. The van der Waals surface area contributed by atoms with Gasteiger partial charge in [-0.15, -0.1) is 0 Å². The highest BCUT2D eigenvalue weighted by atomic mass is 19.1. The molecule has 0 spiro atoms. The summed E-state index contributed by atoms with van der Waals surface area (Å²) in [6.45, 7) is 6.12. The van der Waals surface area contributed by atoms with Gasteiger partial charge in [0, 0.05) is 29.1 Å². The zero-order valence-electron chi connectivity index (χ0n) is 18.1. The zero-order valence-corrected chi connectivity index (χ0v) is 18.1. The third-order valence-corrected chi connectivity index (χ3v) is 5.98. The van der Waals surface area contributed by atoms with E-state index in [9.17, 15) is 4.39 Å². The van der Waals surface area contributed by atoms with Crippen molar-refractivity contribution in [3.63, 3.8) is 0 Å². The number of furan rings is 1. The zero-order chi connectivity index (χ0) is 21.7. The van der Waals surface area contributed by atoms with Gasteiger partial charge in [0.2, 0.25) is 11.4 Å². The number of fused-ring (bicyclic) bond motifs is 3. The molecule has 2 aromatic carbocycles. The van der Waals surface area contributed by atoms with Crippen molar-refractivity contribution in [3.8, 4) is 22.4 Å². The first-order valence-electron chi connectivity index (χ1n) is 10.5. The Morgan fingerprint density at radius 1 is 0.968 bits per heavy atom. The van der Waals surface area contributed by atoms with Gasteiger partial charge in [0.1, 0.15) is 12.9 Å². The molecule has 3 nitrogen and oxygen atoms in total. The Hall–Kier alpha value is -3.53. The summed E-state index contributed by atoms with van der Waals surface area (Å²) in [7, 11) is 2.03. The van der Waals surface area contributed by atoms with Crippen LogP contribution in [-0.4, -0.2) is 4.98 Å². The van der Waals surface area contributed by atoms with E-state index in [1.54, 1.807) is 12.3 Å². The lowest BCUT2D eigenvalue weighted by Gasteiger charge is -2.11. The Balaban J connectivity index is 1.75. The number of benzene rings is 2. The lowest BCUT2D eigenvalue weighted by molar-refractivity contribution is -0.660. The van der Waals surface area contributed by atoms with Gasteiger partial charge in [0.15, 0.2) is 11.8 Å². The molecule has 154 valence electrons. The van der Waals surface area contributed by atoms with E-state index in [1.165, 1.54) is 0 Å². The number of hydrogen-bond acceptors (Lipinski definition) is 2. The normalized spacial score (nSPS) is 11.7. The average Bonchev–Trinajstić information content (AvgIpc) is 3.13. The predicted molar refractivity (Wildman–Crippen MR) is 122 cm³/mol. The van der Waals surface area contributed by atoms with Gasteiger partial charge in [-0.2, -0.15) is 0 Å². The monoisotopic (exact) mass is 411 g/mol. The standard InChI is InChI=1S/C27H24FN2O/c1-16(2)22-14-18(8-10-23(22)28)19-11-13-30(4)24(15-19)25-17(3)7-9-20-21-6-5-12-29-27(21)31-26(20)25/h5-16H,1-4H3/q+1. The first-order valence-corrected chi connectivity index (χ1v) is 10.5. The number of halogens is 1. The van der Waals surface area contributed by atoms with E-state index in [-0.39, 0.29) is 11.7 Å². The molecule has 0 aliphatic rings. The van der Waals surface area contributed by atoms with Crippen LogP contribution in [0.2, 0.25) is 0 Å². The van der Waals surface area contributed by atoms with Crippen molar-refractivity contribution in [2.45, 2.75) is 26.7 Å². The molecule has 4 heteroatoms. The molecule has 0 bridgehead atoms. The largest absolute Gasteiger partial charge is 0.437 e. The minimum Gasteiger partial charge on any atom is -0.437 e. The molecular formula is C27H24FN2O+. The second-order valence-corrected chi connectivity index (χ2v) is 8.39. The van der Waals surface area contributed by atoms with Gasteiger partial charge in [0.05, 0.1) is 5.56 Å². The van der Waals surface area contributed by atoms with E-state index >= 15 is 0 Å². The van der Waals surface area contributed by atoms with Crippen LogP contribution in [-0.2, 0) is 7.05 Å². The Morgan fingerprint density at radius 3 is 2.58 bits per heavy atom. The highest BCUT2D eigenvalue weighted by Gasteiger charge is 2.22. The molecule has 31 heavy (non-hydrogen) atoms. The van der Waals surface area contributed by atoms with Crippen LogP contribution >= 0.6 is 0 Å². The molecule has 0 saturated heterocycles. The summed E-state index contributed by atoms with van der Waals surface area (Å²) in [5, 5.41) is 2.07. The minimum absolute atomic E-state index is 0.123. The van der Waals surface area contributed by atoms with Gasteiger partial charge < -0.3 is 4.42 Å². The summed E-state index contributed by atoms with van der Waals surface area (Å²) in [5.74, 6) is -0.0332. The van der Waals surface area contributed by atoms with Crippen molar-refractivity contribution >= 4 is 22.1 Å². The molecule has 0 amide bonds. The molecule has 0 N–H and O–H groups in total. The quantitative estimate of drug-likeness (QED) is 0.309. The van der Waals surface area contributed by atoms with E-state index in [1.807, 2.05) is 51.4 Å². The Kier molecular flexibility index (Phi) is 4.58. The highest BCUT2D eigenvalue weighted by molar-refractivity contribution is 6.08. The van der Waals surface area contributed by atoms with Crippen LogP contribution in [0.5, 0.6) is 0 Å². The van der Waals surface area contributed by atoms with Crippen molar-refractivity contribution in [1.82, 2.24) is 4.98 Å². The fraction of sp³-hybridized carbons (Fsp3) is 0.185. The molecular weight excluding hydrogens is 387 g/mol. The number of hydrogen-bond donors (Lipinski definition) is 0. The van der Waals surface area contributed by atoms with Gasteiger partial charge in [-0.05, 0) is 59.4 Å². The molecule has 0 aliphatic heterocycles. The van der Waals surface area contributed by atoms with Crippen LogP contribution in [0.25, 0.3) is 44.5 Å². The highest BCUT2D eigenvalue weighted by Crippen LogP contribution is 2.37. The Morgan fingerprint density at radius 2 is 1.77 bits per heavy atom. The van der Waals surface area contributed by atoms with Crippen molar-refractivity contribution < 1.29 is 13.4 Å². The molecule has 0 saturated carbocycles. The number of aromatic nitrogens is 2. The van der Waals surface area contributed by atoms with Gasteiger partial charge in [-0.25, -0.2) is 13.9 Å². The maximum absolute atomic E-state index is 14.3. The van der Waals surface area contributed by atoms with Crippen LogP contribution in [0.15, 0.2) is 71.4 Å². The first kappa shape index (κ1) is 19.4. The van der Waals surface area contributed by atoms with Crippen molar-refractivity contribution in [3.05, 3.63) is 83.9 Å². The van der Waals surface area contributed by atoms with Crippen LogP contribution in [0.3, 0.4) is 0 Å². The van der Waals surface area contributed by atoms with Gasteiger partial charge in [0.25, 0.3) is 0 Å². The summed E-state index contributed by atoms with van der Waals surface area (Å²) < 4.78 is 22.6. The van der Waals surface area contributed by atoms with Crippen LogP contribution in [0.1, 0.15) is 30.9 Å². The van der Waals surface area contributed by atoms with Crippen molar-refractivity contribution in [2.24, 2.45) is 7.05 Å². The van der Waals surface area contributed by atoms with Crippen molar-refractivity contribution in [1.29, 1.82) is 0 Å². The van der Waals surface area contributed by atoms with Crippen molar-refractivity contribution in [2.75, 3.05) is 0 Å². The van der Waals surface area contributed by atoms with Crippen LogP contribution in [0, 0.1) is 12.7 Å². The lowest BCUT2D eigenvalue weighted by Crippen LogP contribution is -2.30. The van der Waals surface area contributed by atoms with E-state index in [0.717, 1.165) is 49.9 Å². The SMILES string of the molecule is Cc1ccc2c(oc3ncccc32)c1-c1cc(-c2ccc(F)c(C(C)C)c2)cc[n+]1C. The fourth-order valence-corrected chi connectivity index (χ4v) is 4.25. The summed E-state index contributed by atoms with van der Waals surface area (Å²) in [6, 6.07) is 17.8. The lowest BCUT2D eigenvalue weighted by atomic mass is 9.95. The number of aryl methyl sites for hydroxylation is 2. The van der Waals surface area contributed by atoms with E-state index in [4.69, 9.17) is 4.42 Å². The smallest absolute Gasteiger partial charge is 0.227 e. The minimum atomic E-state index is -0.157. The van der Waals surface area contributed by atoms with Gasteiger partial charge in [-0.1, -0.05) is 32.0 Å². The maximum atomic E-state index is 14.3. The fourth-order valence-electron chi connectivity index (χ4n) is 4.25. The molecule has 0 atom stereocenters. The summed E-state index contributed by atoms with van der Waals surface area (Å²) in [4.78, 5) is 4.40. The summed E-state index contributed by atoms with van der Waals surface area (Å²) >= 11 is 0. The number of nitrogens with zero attached hydrogens (tertiary/aromatic N) is 2. The molecule has 0 unspecified atom stereocenters. The van der Waals surface area contributed by atoms with E-state index in [2.05, 4.69) is 40.7 Å². The summed E-state index contributed by atoms with van der Waals surface area (Å²) in [6.07, 6.45) is 3.79. The molecule has 0 fully saturated rings. The van der Waals surface area contributed by atoms with Crippen LogP contribution < -0.4 is 4.57 Å². The Labute approximate surface area is 180 Å². The third-order valence-electron chi connectivity index (χ3n) is 5.98. The average molecular weight is 412 g/mol. The topological polar surface area (TPSA) is 29.9 Å². The number of rotatable bonds is 3. The molecule has 0 aliphatic carbocycles. The summed E-state index contributed by atoms with van der Waals surface area (Å²) in [5.41, 5.74) is 7.46. The maximum Gasteiger partial charge on any atom is 0.227 e. The molecule has 0 radical (unpaired) electrons. The third kappa shape index (κ3) is 3.19. The second kappa shape index (κ2) is 7.31.